The minimum absolute atomic E-state index is 0.727. The van der Waals surface area contributed by atoms with Crippen LogP contribution in [0.3, 0.4) is 0 Å². The molecule has 2 atom stereocenters. The number of thiophene rings is 1. The van der Waals surface area contributed by atoms with Gasteiger partial charge < -0.3 is 5.32 Å². The van der Waals surface area contributed by atoms with Crippen LogP contribution >= 0.6 is 27.3 Å². The summed E-state index contributed by atoms with van der Waals surface area (Å²) >= 11 is 5.36. The van der Waals surface area contributed by atoms with Crippen LogP contribution < -0.4 is 5.32 Å². The molecule has 3 heteroatoms. The zero-order valence-corrected chi connectivity index (χ0v) is 13.1. The van der Waals surface area contributed by atoms with Crippen LogP contribution in [0.25, 0.3) is 0 Å². The van der Waals surface area contributed by atoms with Crippen LogP contribution in [0, 0.1) is 11.8 Å². The molecule has 1 aromatic heterocycles. The molecule has 2 unspecified atom stereocenters. The van der Waals surface area contributed by atoms with Gasteiger partial charge in [0.25, 0.3) is 0 Å². The van der Waals surface area contributed by atoms with Gasteiger partial charge in [0.15, 0.2) is 0 Å². The molecule has 1 nitrogen and oxygen atoms in total. The highest BCUT2D eigenvalue weighted by atomic mass is 79.9. The van der Waals surface area contributed by atoms with Gasteiger partial charge in [-0.1, -0.05) is 26.7 Å². The Morgan fingerprint density at radius 1 is 1.35 bits per heavy atom. The summed E-state index contributed by atoms with van der Waals surface area (Å²) in [6.07, 6.45) is 5.58. The van der Waals surface area contributed by atoms with Crippen LogP contribution in [0.1, 0.15) is 44.4 Å². The molecule has 1 aliphatic carbocycles. The van der Waals surface area contributed by atoms with E-state index in [0.29, 0.717) is 0 Å². The highest BCUT2D eigenvalue weighted by Crippen LogP contribution is 2.30. The molecule has 17 heavy (non-hydrogen) atoms. The van der Waals surface area contributed by atoms with Crippen molar-refractivity contribution in [3.05, 3.63) is 20.8 Å². The number of hydrogen-bond acceptors (Lipinski definition) is 2. The average Bonchev–Trinajstić information content (AvgIpc) is 2.73. The van der Waals surface area contributed by atoms with Gasteiger partial charge in [0.1, 0.15) is 0 Å². The third-order valence-electron chi connectivity index (χ3n) is 3.84. The molecule has 0 bridgehead atoms. The van der Waals surface area contributed by atoms with Gasteiger partial charge in [-0.3, -0.25) is 0 Å². The van der Waals surface area contributed by atoms with Gasteiger partial charge in [-0.05, 0) is 52.7 Å². The minimum Gasteiger partial charge on any atom is -0.309 e. The first-order valence-electron chi connectivity index (χ1n) is 6.64. The summed E-state index contributed by atoms with van der Waals surface area (Å²) in [6, 6.07) is 5.09. The van der Waals surface area contributed by atoms with E-state index in [-0.39, 0.29) is 0 Å². The van der Waals surface area contributed by atoms with Crippen LogP contribution in [-0.2, 0) is 6.54 Å². The van der Waals surface area contributed by atoms with Crippen molar-refractivity contribution in [2.75, 3.05) is 0 Å². The summed E-state index contributed by atoms with van der Waals surface area (Å²) in [5, 5.41) is 3.77. The Morgan fingerprint density at radius 2 is 2.12 bits per heavy atom. The smallest absolute Gasteiger partial charge is 0.0701 e. The van der Waals surface area contributed by atoms with E-state index in [4.69, 9.17) is 0 Å². The second-order valence-corrected chi connectivity index (χ2v) is 7.93. The van der Waals surface area contributed by atoms with Crippen LogP contribution in [0.15, 0.2) is 15.9 Å². The lowest BCUT2D eigenvalue weighted by Crippen LogP contribution is -2.40. The lowest BCUT2D eigenvalue weighted by atomic mass is 9.78. The zero-order valence-electron chi connectivity index (χ0n) is 10.7. The van der Waals surface area contributed by atoms with Crippen LogP contribution in [0.5, 0.6) is 0 Å². The zero-order chi connectivity index (χ0) is 12.3. The predicted molar refractivity (Wildman–Crippen MR) is 79.4 cm³/mol. The molecule has 0 radical (unpaired) electrons. The fraction of sp³-hybridized carbons (Fsp3) is 0.714. The molecule has 1 saturated carbocycles. The third kappa shape index (κ3) is 3.80. The standard InChI is InChI=1S/C14H22BrNS/c1-10(2)12-5-3-4-6-13(12)16-9-11-7-8-14(15)17-11/h7-8,10,12-13,16H,3-6,9H2,1-2H3. The molecule has 0 aromatic carbocycles. The molecule has 96 valence electrons. The summed E-state index contributed by atoms with van der Waals surface area (Å²) in [7, 11) is 0. The van der Waals surface area contributed by atoms with E-state index in [0.717, 1.165) is 24.4 Å². The monoisotopic (exact) mass is 315 g/mol. The summed E-state index contributed by atoms with van der Waals surface area (Å²) in [5.41, 5.74) is 0. The van der Waals surface area contributed by atoms with Crippen molar-refractivity contribution >= 4 is 27.3 Å². The molecule has 1 aromatic rings. The van der Waals surface area contributed by atoms with Crippen LogP contribution in [0.2, 0.25) is 0 Å². The molecule has 0 amide bonds. The average molecular weight is 316 g/mol. The Hall–Kier alpha value is 0.140. The minimum atomic E-state index is 0.727. The quantitative estimate of drug-likeness (QED) is 0.840. The number of halogens is 1. The Bertz CT molecular complexity index is 348. The lowest BCUT2D eigenvalue weighted by molar-refractivity contribution is 0.205. The Morgan fingerprint density at radius 3 is 2.76 bits per heavy atom. The van der Waals surface area contributed by atoms with Gasteiger partial charge in [0.2, 0.25) is 0 Å². The topological polar surface area (TPSA) is 12.0 Å². The lowest BCUT2D eigenvalue weighted by Gasteiger charge is -2.35. The van der Waals surface area contributed by atoms with E-state index in [9.17, 15) is 0 Å². The van der Waals surface area contributed by atoms with Gasteiger partial charge >= 0.3 is 0 Å². The van der Waals surface area contributed by atoms with E-state index in [1.54, 1.807) is 0 Å². The van der Waals surface area contributed by atoms with Gasteiger partial charge in [0.05, 0.1) is 3.79 Å². The highest BCUT2D eigenvalue weighted by Gasteiger charge is 2.26. The van der Waals surface area contributed by atoms with E-state index in [1.807, 2.05) is 11.3 Å². The normalized spacial score (nSPS) is 25.4. The van der Waals surface area contributed by atoms with Crippen molar-refractivity contribution < 1.29 is 0 Å². The summed E-state index contributed by atoms with van der Waals surface area (Å²) < 4.78 is 1.23. The van der Waals surface area contributed by atoms with Crippen LogP contribution in [0.4, 0.5) is 0 Å². The van der Waals surface area contributed by atoms with E-state index < -0.39 is 0 Å². The van der Waals surface area contributed by atoms with Crippen LogP contribution in [-0.4, -0.2) is 6.04 Å². The second-order valence-electron chi connectivity index (χ2n) is 5.39. The molecule has 1 aliphatic rings. The summed E-state index contributed by atoms with van der Waals surface area (Å²) in [4.78, 5) is 1.44. The highest BCUT2D eigenvalue weighted by molar-refractivity contribution is 9.11. The van der Waals surface area contributed by atoms with Crippen molar-refractivity contribution in [2.24, 2.45) is 11.8 Å². The van der Waals surface area contributed by atoms with Gasteiger partial charge in [0, 0.05) is 17.5 Å². The first-order chi connectivity index (χ1) is 8.16. The molecule has 0 saturated heterocycles. The fourth-order valence-corrected chi connectivity index (χ4v) is 4.32. The number of hydrogen-bond donors (Lipinski definition) is 1. The van der Waals surface area contributed by atoms with E-state index in [2.05, 4.69) is 47.2 Å². The van der Waals surface area contributed by atoms with Crippen molar-refractivity contribution in [3.8, 4) is 0 Å². The molecular formula is C14H22BrNS. The Kier molecular flexibility index (Phi) is 5.07. The maximum atomic E-state index is 3.77. The van der Waals surface area contributed by atoms with Gasteiger partial charge in [-0.2, -0.15) is 0 Å². The molecule has 0 aliphatic heterocycles. The van der Waals surface area contributed by atoms with Crippen molar-refractivity contribution in [2.45, 2.75) is 52.1 Å². The van der Waals surface area contributed by atoms with Gasteiger partial charge in [-0.25, -0.2) is 0 Å². The molecular weight excluding hydrogens is 294 g/mol. The molecule has 1 fully saturated rings. The van der Waals surface area contributed by atoms with E-state index in [1.165, 1.54) is 34.3 Å². The molecule has 1 heterocycles. The first-order valence-corrected chi connectivity index (χ1v) is 8.25. The molecule has 2 rings (SSSR count). The number of rotatable bonds is 4. The Labute approximate surface area is 117 Å². The molecule has 0 spiro atoms. The number of nitrogens with one attached hydrogen (secondary N) is 1. The molecule has 1 N–H and O–H groups in total. The predicted octanol–water partition coefficient (Wildman–Crippen LogP) is 4.82. The Balaban J connectivity index is 1.88. The van der Waals surface area contributed by atoms with E-state index >= 15 is 0 Å². The largest absolute Gasteiger partial charge is 0.309 e. The third-order valence-corrected chi connectivity index (χ3v) is 5.47. The van der Waals surface area contributed by atoms with Gasteiger partial charge in [-0.15, -0.1) is 11.3 Å². The van der Waals surface area contributed by atoms with Crippen molar-refractivity contribution in [1.29, 1.82) is 0 Å². The summed E-state index contributed by atoms with van der Waals surface area (Å²) in [5.74, 6) is 1.68. The SMILES string of the molecule is CC(C)C1CCCCC1NCc1ccc(Br)s1. The van der Waals surface area contributed by atoms with Crippen molar-refractivity contribution in [1.82, 2.24) is 5.32 Å². The van der Waals surface area contributed by atoms with Crippen molar-refractivity contribution in [3.63, 3.8) is 0 Å². The second kappa shape index (κ2) is 6.35. The maximum Gasteiger partial charge on any atom is 0.0701 e. The maximum absolute atomic E-state index is 3.77. The summed E-state index contributed by atoms with van der Waals surface area (Å²) in [6.45, 7) is 5.77. The fourth-order valence-electron chi connectivity index (χ4n) is 2.89. The first kappa shape index (κ1) is 13.6.